The zero-order valence-electron chi connectivity index (χ0n) is 9.34. The first-order valence-electron chi connectivity index (χ1n) is 5.22. The molecule has 78 valence electrons. The van der Waals surface area contributed by atoms with E-state index in [1.54, 1.807) is 0 Å². The van der Waals surface area contributed by atoms with Gasteiger partial charge in [0.25, 0.3) is 0 Å². The van der Waals surface area contributed by atoms with Crippen LogP contribution in [0.3, 0.4) is 0 Å². The lowest BCUT2D eigenvalue weighted by Crippen LogP contribution is -2.28. The highest BCUT2D eigenvalue weighted by Crippen LogP contribution is 2.11. The largest absolute Gasteiger partial charge is 0.339 e. The van der Waals surface area contributed by atoms with Crippen molar-refractivity contribution in [3.8, 4) is 0 Å². The Kier molecular flexibility index (Phi) is 3.93. The molecule has 14 heavy (non-hydrogen) atoms. The second-order valence-electron chi connectivity index (χ2n) is 4.09. The first-order valence-corrected chi connectivity index (χ1v) is 5.22. The van der Waals surface area contributed by atoms with Gasteiger partial charge in [-0.25, -0.2) is 0 Å². The molecule has 0 saturated carbocycles. The number of carbonyl (C=O) groups is 1. The molecule has 0 N–H and O–H groups in total. The van der Waals surface area contributed by atoms with Crippen molar-refractivity contribution >= 4 is 5.91 Å². The predicted molar refractivity (Wildman–Crippen MR) is 59.0 cm³/mol. The van der Waals surface area contributed by atoms with E-state index in [2.05, 4.69) is 0 Å². The van der Waals surface area contributed by atoms with E-state index < -0.39 is 0 Å². The monoisotopic (exact) mass is 193 g/mol. The fourth-order valence-corrected chi connectivity index (χ4v) is 1.53. The highest BCUT2D eigenvalue weighted by Gasteiger charge is 2.18. The van der Waals surface area contributed by atoms with Crippen LogP contribution in [-0.2, 0) is 4.79 Å². The highest BCUT2D eigenvalue weighted by molar-refractivity contribution is 5.93. The van der Waals surface area contributed by atoms with Crippen LogP contribution >= 0.6 is 0 Å². The maximum Gasteiger partial charge on any atom is 0.249 e. The van der Waals surface area contributed by atoms with Gasteiger partial charge in [-0.3, -0.25) is 4.79 Å². The molecule has 1 saturated heterocycles. The molecule has 1 aliphatic heterocycles. The number of nitrogens with zero attached hydrogens (tertiary/aromatic N) is 1. The average Bonchev–Trinajstić information content (AvgIpc) is 2.65. The SMILES string of the molecule is CC(C)=C/C=C(\C)C(=O)N1CCCC1. The summed E-state index contributed by atoms with van der Waals surface area (Å²) in [6.07, 6.45) is 6.21. The molecule has 1 aliphatic rings. The Morgan fingerprint density at radius 3 is 2.14 bits per heavy atom. The van der Waals surface area contributed by atoms with Crippen LogP contribution in [0.25, 0.3) is 0 Å². The Balaban J connectivity index is 2.59. The molecular weight excluding hydrogens is 174 g/mol. The lowest BCUT2D eigenvalue weighted by Gasteiger charge is -2.14. The Morgan fingerprint density at radius 2 is 1.64 bits per heavy atom. The third-order valence-corrected chi connectivity index (χ3v) is 2.40. The van der Waals surface area contributed by atoms with Crippen molar-refractivity contribution in [1.29, 1.82) is 0 Å². The maximum absolute atomic E-state index is 11.8. The molecule has 0 unspecified atom stereocenters. The van der Waals surface area contributed by atoms with Crippen LogP contribution in [0.2, 0.25) is 0 Å². The molecule has 0 atom stereocenters. The second kappa shape index (κ2) is 4.99. The number of rotatable bonds is 2. The third kappa shape index (κ3) is 3.02. The van der Waals surface area contributed by atoms with E-state index >= 15 is 0 Å². The Labute approximate surface area is 86.3 Å². The number of hydrogen-bond donors (Lipinski definition) is 0. The predicted octanol–water partition coefficient (Wildman–Crippen LogP) is 2.52. The van der Waals surface area contributed by atoms with Crippen molar-refractivity contribution in [2.45, 2.75) is 33.6 Å². The summed E-state index contributed by atoms with van der Waals surface area (Å²) in [5, 5.41) is 0. The van der Waals surface area contributed by atoms with Gasteiger partial charge in [-0.2, -0.15) is 0 Å². The molecule has 2 nitrogen and oxygen atoms in total. The molecule has 0 aromatic heterocycles. The van der Waals surface area contributed by atoms with Crippen LogP contribution in [-0.4, -0.2) is 23.9 Å². The molecule has 0 aromatic rings. The van der Waals surface area contributed by atoms with Crippen molar-refractivity contribution in [2.75, 3.05) is 13.1 Å². The van der Waals surface area contributed by atoms with Crippen LogP contribution < -0.4 is 0 Å². The Bertz CT molecular complexity index is 266. The average molecular weight is 193 g/mol. The number of likely N-dealkylation sites (tertiary alicyclic amines) is 1. The molecule has 2 heteroatoms. The summed E-state index contributed by atoms with van der Waals surface area (Å²) in [5.41, 5.74) is 2.06. The fourth-order valence-electron chi connectivity index (χ4n) is 1.53. The first kappa shape index (κ1) is 11.0. The van der Waals surface area contributed by atoms with Crippen molar-refractivity contribution < 1.29 is 4.79 Å². The van der Waals surface area contributed by atoms with E-state index in [0.717, 1.165) is 31.5 Å². The Hall–Kier alpha value is -1.05. The summed E-state index contributed by atoms with van der Waals surface area (Å²) in [7, 11) is 0. The Morgan fingerprint density at radius 1 is 1.07 bits per heavy atom. The fraction of sp³-hybridized carbons (Fsp3) is 0.583. The zero-order valence-corrected chi connectivity index (χ0v) is 9.34. The van der Waals surface area contributed by atoms with E-state index in [9.17, 15) is 4.79 Å². The normalized spacial score (nSPS) is 17.1. The second-order valence-corrected chi connectivity index (χ2v) is 4.09. The lowest BCUT2D eigenvalue weighted by molar-refractivity contribution is -0.126. The number of amides is 1. The third-order valence-electron chi connectivity index (χ3n) is 2.40. The van der Waals surface area contributed by atoms with Crippen molar-refractivity contribution in [3.63, 3.8) is 0 Å². The summed E-state index contributed by atoms with van der Waals surface area (Å²) in [5.74, 6) is 0.194. The first-order chi connectivity index (χ1) is 6.61. The van der Waals surface area contributed by atoms with Gasteiger partial charge in [-0.15, -0.1) is 0 Å². The maximum atomic E-state index is 11.8. The van der Waals surface area contributed by atoms with Crippen molar-refractivity contribution in [2.24, 2.45) is 0 Å². The molecule has 0 bridgehead atoms. The van der Waals surface area contributed by atoms with Crippen LogP contribution in [0.5, 0.6) is 0 Å². The van der Waals surface area contributed by atoms with Crippen molar-refractivity contribution in [3.05, 3.63) is 23.3 Å². The molecular formula is C12H19NO. The minimum absolute atomic E-state index is 0.194. The van der Waals surface area contributed by atoms with Crippen LogP contribution in [0, 0.1) is 0 Å². The van der Waals surface area contributed by atoms with Gasteiger partial charge in [0, 0.05) is 18.7 Å². The summed E-state index contributed by atoms with van der Waals surface area (Å²) < 4.78 is 0. The van der Waals surface area contributed by atoms with E-state index in [0.29, 0.717) is 0 Å². The van der Waals surface area contributed by atoms with Gasteiger partial charge in [-0.1, -0.05) is 17.7 Å². The molecule has 0 spiro atoms. The number of hydrogen-bond acceptors (Lipinski definition) is 1. The molecule has 0 radical (unpaired) electrons. The molecule has 1 amide bonds. The van der Waals surface area contributed by atoms with E-state index in [1.807, 2.05) is 37.8 Å². The molecule has 1 rings (SSSR count). The van der Waals surface area contributed by atoms with Crippen LogP contribution in [0.15, 0.2) is 23.3 Å². The standard InChI is InChI=1S/C12H19NO/c1-10(2)6-7-11(3)12(14)13-8-4-5-9-13/h6-7H,4-5,8-9H2,1-3H3/b11-7+. The highest BCUT2D eigenvalue weighted by atomic mass is 16.2. The number of allylic oxidation sites excluding steroid dienone is 3. The van der Waals surface area contributed by atoms with Gasteiger partial charge in [0.2, 0.25) is 5.91 Å². The van der Waals surface area contributed by atoms with Gasteiger partial charge in [0.05, 0.1) is 0 Å². The minimum atomic E-state index is 0.194. The van der Waals surface area contributed by atoms with E-state index in [4.69, 9.17) is 0 Å². The zero-order chi connectivity index (χ0) is 10.6. The summed E-state index contributed by atoms with van der Waals surface area (Å²) in [6.45, 7) is 7.81. The summed E-state index contributed by atoms with van der Waals surface area (Å²) >= 11 is 0. The number of carbonyl (C=O) groups excluding carboxylic acids is 1. The van der Waals surface area contributed by atoms with Gasteiger partial charge >= 0.3 is 0 Å². The van der Waals surface area contributed by atoms with Crippen LogP contribution in [0.1, 0.15) is 33.6 Å². The molecule has 0 aliphatic carbocycles. The summed E-state index contributed by atoms with van der Waals surface area (Å²) in [4.78, 5) is 13.7. The van der Waals surface area contributed by atoms with Gasteiger partial charge in [0.1, 0.15) is 0 Å². The smallest absolute Gasteiger partial charge is 0.249 e. The van der Waals surface area contributed by atoms with Gasteiger partial charge in [0.15, 0.2) is 0 Å². The summed E-state index contributed by atoms with van der Waals surface area (Å²) in [6, 6.07) is 0. The van der Waals surface area contributed by atoms with E-state index in [1.165, 1.54) is 5.57 Å². The minimum Gasteiger partial charge on any atom is -0.339 e. The lowest BCUT2D eigenvalue weighted by atomic mass is 10.2. The topological polar surface area (TPSA) is 20.3 Å². The molecule has 1 heterocycles. The van der Waals surface area contributed by atoms with Gasteiger partial charge in [-0.05, 0) is 33.6 Å². The van der Waals surface area contributed by atoms with Gasteiger partial charge < -0.3 is 4.90 Å². The quantitative estimate of drug-likeness (QED) is 0.487. The van der Waals surface area contributed by atoms with E-state index in [-0.39, 0.29) is 5.91 Å². The van der Waals surface area contributed by atoms with Crippen molar-refractivity contribution in [1.82, 2.24) is 4.90 Å². The molecule has 1 fully saturated rings. The molecule has 0 aromatic carbocycles. The van der Waals surface area contributed by atoms with Crippen LogP contribution in [0.4, 0.5) is 0 Å².